The molecule has 0 bridgehead atoms. The molecule has 0 fully saturated rings. The molecular weight excluding hydrogens is 340 g/mol. The van der Waals surface area contributed by atoms with E-state index in [0.717, 1.165) is 0 Å². The number of rotatable bonds is 7. The van der Waals surface area contributed by atoms with E-state index in [1.807, 2.05) is 0 Å². The minimum atomic E-state index is -0.417. The molecule has 26 heavy (non-hydrogen) atoms. The first-order chi connectivity index (χ1) is 12.5. The minimum Gasteiger partial charge on any atom is -0.502 e. The number of hydrogen-bond acceptors (Lipinski definition) is 7. The zero-order valence-corrected chi connectivity index (χ0v) is 14.9. The first-order valence-electron chi connectivity index (χ1n) is 7.54. The Morgan fingerprint density at radius 3 is 2.04 bits per heavy atom. The lowest BCUT2D eigenvalue weighted by Crippen LogP contribution is -2.17. The summed E-state index contributed by atoms with van der Waals surface area (Å²) in [6.45, 7) is 0. The third-order valence-corrected chi connectivity index (χ3v) is 3.53. The predicted octanol–water partition coefficient (Wildman–Crippen LogP) is 2.19. The van der Waals surface area contributed by atoms with E-state index in [2.05, 4.69) is 10.5 Å². The van der Waals surface area contributed by atoms with Crippen molar-refractivity contribution in [1.82, 2.24) is 5.43 Å². The molecule has 0 aliphatic rings. The topological polar surface area (TPSA) is 98.6 Å². The summed E-state index contributed by atoms with van der Waals surface area (Å²) in [4.78, 5) is 12.2. The fourth-order valence-corrected chi connectivity index (χ4v) is 2.20. The SMILES string of the molecule is COc1ccc(C(=O)NN=Cc2cc(OC)c(O)c(OC)c2)cc1OC. The number of amides is 1. The van der Waals surface area contributed by atoms with Crippen LogP contribution in [0.15, 0.2) is 35.4 Å². The Balaban J connectivity index is 2.14. The van der Waals surface area contributed by atoms with E-state index >= 15 is 0 Å². The number of nitrogens with one attached hydrogen (secondary N) is 1. The molecule has 0 radical (unpaired) electrons. The zero-order chi connectivity index (χ0) is 19.1. The highest BCUT2D eigenvalue weighted by molar-refractivity contribution is 5.95. The molecule has 0 unspecified atom stereocenters. The minimum absolute atomic E-state index is 0.110. The smallest absolute Gasteiger partial charge is 0.271 e. The van der Waals surface area contributed by atoms with Crippen molar-refractivity contribution in [1.29, 1.82) is 0 Å². The molecule has 2 N–H and O–H groups in total. The summed E-state index contributed by atoms with van der Waals surface area (Å²) < 4.78 is 20.4. The lowest BCUT2D eigenvalue weighted by atomic mass is 10.2. The fourth-order valence-electron chi connectivity index (χ4n) is 2.20. The van der Waals surface area contributed by atoms with Crippen LogP contribution < -0.4 is 24.4 Å². The third kappa shape index (κ3) is 4.15. The molecule has 0 atom stereocenters. The summed E-state index contributed by atoms with van der Waals surface area (Å²) in [6, 6.07) is 7.90. The zero-order valence-electron chi connectivity index (χ0n) is 14.9. The maximum atomic E-state index is 12.2. The van der Waals surface area contributed by atoms with Crippen molar-refractivity contribution in [3.8, 4) is 28.7 Å². The van der Waals surface area contributed by atoms with Gasteiger partial charge in [0, 0.05) is 11.1 Å². The highest BCUT2D eigenvalue weighted by Gasteiger charge is 2.11. The number of benzene rings is 2. The standard InChI is InChI=1S/C18H20N2O6/c1-23-13-6-5-12(9-14(13)24-2)18(22)20-19-10-11-7-15(25-3)17(21)16(8-11)26-4/h5-10,21H,1-4H3,(H,20,22). The second kappa shape index (κ2) is 8.61. The molecule has 2 aromatic rings. The summed E-state index contributed by atoms with van der Waals surface area (Å²) in [5.41, 5.74) is 3.35. The first-order valence-corrected chi connectivity index (χ1v) is 7.54. The molecule has 2 rings (SSSR count). The normalized spacial score (nSPS) is 10.5. The van der Waals surface area contributed by atoms with Crippen molar-refractivity contribution in [3.05, 3.63) is 41.5 Å². The van der Waals surface area contributed by atoms with Gasteiger partial charge in [0.2, 0.25) is 5.75 Å². The van der Waals surface area contributed by atoms with Crippen LogP contribution in [0.1, 0.15) is 15.9 Å². The molecule has 0 saturated carbocycles. The van der Waals surface area contributed by atoms with Gasteiger partial charge in [0.25, 0.3) is 5.91 Å². The molecule has 0 aliphatic heterocycles. The second-order valence-electron chi connectivity index (χ2n) is 5.04. The largest absolute Gasteiger partial charge is 0.502 e. The van der Waals surface area contributed by atoms with Gasteiger partial charge in [-0.15, -0.1) is 0 Å². The molecule has 0 aliphatic carbocycles. The molecule has 0 saturated heterocycles. The lowest BCUT2D eigenvalue weighted by molar-refractivity contribution is 0.0954. The third-order valence-electron chi connectivity index (χ3n) is 3.53. The van der Waals surface area contributed by atoms with E-state index in [9.17, 15) is 9.90 Å². The predicted molar refractivity (Wildman–Crippen MR) is 95.8 cm³/mol. The first kappa shape index (κ1) is 18.9. The van der Waals surface area contributed by atoms with Crippen LogP contribution in [0.5, 0.6) is 28.7 Å². The molecular formula is C18H20N2O6. The van der Waals surface area contributed by atoms with Gasteiger partial charge in [-0.1, -0.05) is 0 Å². The van der Waals surface area contributed by atoms with Crippen molar-refractivity contribution < 1.29 is 28.8 Å². The summed E-state index contributed by atoms with van der Waals surface area (Å²) in [5, 5.41) is 13.8. The number of carbonyl (C=O) groups excluding carboxylic acids is 1. The van der Waals surface area contributed by atoms with Crippen molar-refractivity contribution in [2.24, 2.45) is 5.10 Å². The van der Waals surface area contributed by atoms with Crippen LogP contribution in [0, 0.1) is 0 Å². The van der Waals surface area contributed by atoms with Crippen molar-refractivity contribution in [2.45, 2.75) is 0 Å². The van der Waals surface area contributed by atoms with Gasteiger partial charge in [-0.2, -0.15) is 5.10 Å². The Kier molecular flexibility index (Phi) is 6.26. The number of carbonyl (C=O) groups is 1. The van der Waals surface area contributed by atoms with Crippen LogP contribution in [0.25, 0.3) is 0 Å². The van der Waals surface area contributed by atoms with Gasteiger partial charge in [-0.05, 0) is 30.3 Å². The highest BCUT2D eigenvalue weighted by atomic mass is 16.5. The van der Waals surface area contributed by atoms with Gasteiger partial charge in [0.15, 0.2) is 23.0 Å². The monoisotopic (exact) mass is 360 g/mol. The average molecular weight is 360 g/mol. The maximum Gasteiger partial charge on any atom is 0.271 e. The van der Waals surface area contributed by atoms with Gasteiger partial charge in [0.05, 0.1) is 34.7 Å². The molecule has 8 heteroatoms. The summed E-state index contributed by atoms with van der Waals surface area (Å²) >= 11 is 0. The van der Waals surface area contributed by atoms with Gasteiger partial charge < -0.3 is 24.1 Å². The van der Waals surface area contributed by atoms with Gasteiger partial charge in [0.1, 0.15) is 0 Å². The Morgan fingerprint density at radius 2 is 1.50 bits per heavy atom. The maximum absolute atomic E-state index is 12.2. The van der Waals surface area contributed by atoms with Gasteiger partial charge in [-0.25, -0.2) is 5.43 Å². The number of aromatic hydroxyl groups is 1. The molecule has 138 valence electrons. The Labute approximate surface area is 151 Å². The van der Waals surface area contributed by atoms with E-state index in [0.29, 0.717) is 22.6 Å². The van der Waals surface area contributed by atoms with E-state index in [-0.39, 0.29) is 17.2 Å². The number of methoxy groups -OCH3 is 4. The number of ether oxygens (including phenoxy) is 4. The Hall–Kier alpha value is -3.42. The summed E-state index contributed by atoms with van der Waals surface area (Å²) in [7, 11) is 5.86. The van der Waals surface area contributed by atoms with Crippen molar-refractivity contribution in [2.75, 3.05) is 28.4 Å². The van der Waals surface area contributed by atoms with Crippen LogP contribution in [0.4, 0.5) is 0 Å². The molecule has 0 heterocycles. The number of hydrogen-bond donors (Lipinski definition) is 2. The van der Waals surface area contributed by atoms with E-state index in [1.165, 1.54) is 34.7 Å². The van der Waals surface area contributed by atoms with E-state index in [4.69, 9.17) is 18.9 Å². The van der Waals surface area contributed by atoms with E-state index < -0.39 is 5.91 Å². The lowest BCUT2D eigenvalue weighted by Gasteiger charge is -2.09. The van der Waals surface area contributed by atoms with Gasteiger partial charge in [-0.3, -0.25) is 4.79 Å². The molecule has 2 aromatic carbocycles. The highest BCUT2D eigenvalue weighted by Crippen LogP contribution is 2.36. The van der Waals surface area contributed by atoms with Crippen LogP contribution in [0.2, 0.25) is 0 Å². The summed E-state index contributed by atoms with van der Waals surface area (Å²) in [6.07, 6.45) is 1.41. The quantitative estimate of drug-likeness (QED) is 0.580. The van der Waals surface area contributed by atoms with Crippen LogP contribution in [-0.2, 0) is 0 Å². The molecule has 0 spiro atoms. The van der Waals surface area contributed by atoms with Crippen molar-refractivity contribution in [3.63, 3.8) is 0 Å². The molecule has 8 nitrogen and oxygen atoms in total. The number of phenolic OH excluding ortho intramolecular Hbond substituents is 1. The van der Waals surface area contributed by atoms with E-state index in [1.54, 1.807) is 30.3 Å². The van der Waals surface area contributed by atoms with Gasteiger partial charge >= 0.3 is 0 Å². The molecule has 1 amide bonds. The number of phenols is 1. The Morgan fingerprint density at radius 1 is 0.923 bits per heavy atom. The second-order valence-corrected chi connectivity index (χ2v) is 5.04. The van der Waals surface area contributed by atoms with Crippen molar-refractivity contribution >= 4 is 12.1 Å². The van der Waals surface area contributed by atoms with Crippen LogP contribution in [0.3, 0.4) is 0 Å². The summed E-state index contributed by atoms with van der Waals surface area (Å²) in [5.74, 6) is 0.906. The van der Waals surface area contributed by atoms with Crippen LogP contribution in [-0.4, -0.2) is 45.7 Å². The Bertz CT molecular complexity index is 794. The molecule has 0 aromatic heterocycles. The fraction of sp³-hybridized carbons (Fsp3) is 0.222. The number of nitrogens with zero attached hydrogens (tertiary/aromatic N) is 1. The number of hydrazone groups is 1. The van der Waals surface area contributed by atoms with Crippen LogP contribution >= 0.6 is 0 Å². The average Bonchev–Trinajstić information content (AvgIpc) is 2.68.